The number of hydrogen-bond donors (Lipinski definition) is 2. The van der Waals surface area contributed by atoms with Gasteiger partial charge in [0.2, 0.25) is 0 Å². The SMILES string of the molecule is CCCC(CC(=O)O)NC(=O)c1csc(Br)c1. The summed E-state index contributed by atoms with van der Waals surface area (Å²) >= 11 is 4.71. The van der Waals surface area contributed by atoms with E-state index in [2.05, 4.69) is 21.2 Å². The van der Waals surface area contributed by atoms with Gasteiger partial charge in [0.25, 0.3) is 5.91 Å². The Morgan fingerprint density at radius 1 is 1.59 bits per heavy atom. The predicted octanol–water partition coefficient (Wildman–Crippen LogP) is 2.88. The number of aliphatic carboxylic acids is 1. The maximum absolute atomic E-state index is 11.8. The lowest BCUT2D eigenvalue weighted by atomic mass is 10.1. The first-order valence-corrected chi connectivity index (χ1v) is 6.97. The number of halogens is 1. The lowest BCUT2D eigenvalue weighted by Crippen LogP contribution is -2.36. The van der Waals surface area contributed by atoms with Crippen LogP contribution in [0.25, 0.3) is 0 Å². The fourth-order valence-corrected chi connectivity index (χ4v) is 2.62. The fourth-order valence-electron chi connectivity index (χ4n) is 1.48. The van der Waals surface area contributed by atoms with Crippen LogP contribution in [0.1, 0.15) is 36.5 Å². The maximum atomic E-state index is 11.8. The van der Waals surface area contributed by atoms with Gasteiger partial charge < -0.3 is 10.4 Å². The van der Waals surface area contributed by atoms with Crippen LogP contribution in [0.15, 0.2) is 15.2 Å². The number of carbonyl (C=O) groups is 2. The molecule has 0 aromatic carbocycles. The van der Waals surface area contributed by atoms with E-state index in [1.807, 2.05) is 6.92 Å². The summed E-state index contributed by atoms with van der Waals surface area (Å²) in [6, 6.07) is 1.42. The van der Waals surface area contributed by atoms with Crippen molar-refractivity contribution in [2.75, 3.05) is 0 Å². The molecule has 0 saturated carbocycles. The average Bonchev–Trinajstić information content (AvgIpc) is 2.64. The third-order valence-corrected chi connectivity index (χ3v) is 3.73. The third kappa shape index (κ3) is 4.87. The molecule has 1 atom stereocenters. The van der Waals surface area contributed by atoms with Gasteiger partial charge in [0.15, 0.2) is 0 Å². The molecule has 0 aliphatic rings. The van der Waals surface area contributed by atoms with Gasteiger partial charge in [-0.15, -0.1) is 11.3 Å². The second-order valence-electron chi connectivity index (χ2n) is 3.70. The minimum atomic E-state index is -0.893. The number of carboxylic acid groups (broad SMARTS) is 1. The number of amides is 1. The summed E-state index contributed by atoms with van der Waals surface area (Å²) in [7, 11) is 0. The number of rotatable bonds is 6. The Morgan fingerprint density at radius 2 is 2.29 bits per heavy atom. The molecule has 17 heavy (non-hydrogen) atoms. The molecule has 1 amide bonds. The van der Waals surface area contributed by atoms with Crippen LogP contribution >= 0.6 is 27.3 Å². The van der Waals surface area contributed by atoms with Crippen molar-refractivity contribution in [3.63, 3.8) is 0 Å². The van der Waals surface area contributed by atoms with Gasteiger partial charge in [0.05, 0.1) is 15.8 Å². The van der Waals surface area contributed by atoms with E-state index in [-0.39, 0.29) is 18.4 Å². The number of carboxylic acids is 1. The molecule has 1 rings (SSSR count). The molecular formula is C11H14BrNO3S. The first-order chi connectivity index (χ1) is 8.02. The molecule has 1 unspecified atom stereocenters. The minimum absolute atomic E-state index is 0.0368. The van der Waals surface area contributed by atoms with Crippen LogP contribution in [-0.4, -0.2) is 23.0 Å². The van der Waals surface area contributed by atoms with Crippen LogP contribution in [0.5, 0.6) is 0 Å². The highest BCUT2D eigenvalue weighted by Gasteiger charge is 2.16. The zero-order valence-corrected chi connectivity index (χ0v) is 11.8. The summed E-state index contributed by atoms with van der Waals surface area (Å²) in [6.07, 6.45) is 1.47. The van der Waals surface area contributed by atoms with Gasteiger partial charge in [-0.1, -0.05) is 13.3 Å². The average molecular weight is 320 g/mol. The molecule has 0 saturated heterocycles. The zero-order chi connectivity index (χ0) is 12.8. The Kier molecular flexibility index (Phi) is 5.64. The molecule has 1 aromatic heterocycles. The normalized spacial score (nSPS) is 12.1. The van der Waals surface area contributed by atoms with Gasteiger partial charge in [-0.2, -0.15) is 0 Å². The van der Waals surface area contributed by atoms with Crippen molar-refractivity contribution in [3.8, 4) is 0 Å². The van der Waals surface area contributed by atoms with Crippen LogP contribution in [0, 0.1) is 0 Å². The van der Waals surface area contributed by atoms with Gasteiger partial charge >= 0.3 is 5.97 Å². The molecule has 6 heteroatoms. The summed E-state index contributed by atoms with van der Waals surface area (Å²) in [5.74, 6) is -1.11. The van der Waals surface area contributed by atoms with Crippen molar-refractivity contribution >= 4 is 39.1 Å². The Balaban J connectivity index is 2.60. The van der Waals surface area contributed by atoms with Gasteiger partial charge in [0, 0.05) is 11.4 Å². The second kappa shape index (κ2) is 6.76. The molecule has 0 fully saturated rings. The van der Waals surface area contributed by atoms with Crippen LogP contribution in [0.2, 0.25) is 0 Å². The first kappa shape index (κ1) is 14.2. The second-order valence-corrected chi connectivity index (χ2v) is 5.99. The smallest absolute Gasteiger partial charge is 0.305 e. The molecule has 94 valence electrons. The highest BCUT2D eigenvalue weighted by molar-refractivity contribution is 9.11. The van der Waals surface area contributed by atoms with E-state index < -0.39 is 5.97 Å². The predicted molar refractivity (Wildman–Crippen MR) is 70.4 cm³/mol. The van der Waals surface area contributed by atoms with Crippen molar-refractivity contribution in [1.29, 1.82) is 0 Å². The van der Waals surface area contributed by atoms with Gasteiger partial charge in [-0.3, -0.25) is 9.59 Å². The molecular weight excluding hydrogens is 306 g/mol. The highest BCUT2D eigenvalue weighted by Crippen LogP contribution is 2.20. The van der Waals surface area contributed by atoms with Gasteiger partial charge in [0.1, 0.15) is 0 Å². The quantitative estimate of drug-likeness (QED) is 0.847. The number of carbonyl (C=O) groups excluding carboxylic acids is 1. The summed E-state index contributed by atoms with van der Waals surface area (Å²) in [5.41, 5.74) is 0.563. The molecule has 2 N–H and O–H groups in total. The Hall–Kier alpha value is -0.880. The molecule has 0 spiro atoms. The summed E-state index contributed by atoms with van der Waals surface area (Å²) < 4.78 is 0.882. The van der Waals surface area contributed by atoms with E-state index in [9.17, 15) is 9.59 Å². The van der Waals surface area contributed by atoms with Crippen molar-refractivity contribution in [2.45, 2.75) is 32.2 Å². The maximum Gasteiger partial charge on any atom is 0.305 e. The molecule has 0 aliphatic carbocycles. The van der Waals surface area contributed by atoms with Crippen molar-refractivity contribution in [3.05, 3.63) is 20.8 Å². The van der Waals surface area contributed by atoms with Crippen LogP contribution in [0.4, 0.5) is 0 Å². The molecule has 4 nitrogen and oxygen atoms in total. The lowest BCUT2D eigenvalue weighted by Gasteiger charge is -2.15. The van der Waals surface area contributed by atoms with E-state index in [1.165, 1.54) is 11.3 Å². The largest absolute Gasteiger partial charge is 0.481 e. The van der Waals surface area contributed by atoms with E-state index in [0.29, 0.717) is 12.0 Å². The molecule has 0 radical (unpaired) electrons. The summed E-state index contributed by atoms with van der Waals surface area (Å²) in [4.78, 5) is 22.5. The lowest BCUT2D eigenvalue weighted by molar-refractivity contribution is -0.137. The number of thiophene rings is 1. The van der Waals surface area contributed by atoms with E-state index in [0.717, 1.165) is 10.2 Å². The van der Waals surface area contributed by atoms with Gasteiger partial charge in [-0.25, -0.2) is 0 Å². The van der Waals surface area contributed by atoms with Crippen LogP contribution in [-0.2, 0) is 4.79 Å². The molecule has 1 aromatic rings. The van der Waals surface area contributed by atoms with Gasteiger partial charge in [-0.05, 0) is 28.4 Å². The van der Waals surface area contributed by atoms with Crippen molar-refractivity contribution < 1.29 is 14.7 Å². The van der Waals surface area contributed by atoms with Crippen LogP contribution < -0.4 is 5.32 Å². The van der Waals surface area contributed by atoms with E-state index >= 15 is 0 Å². The van der Waals surface area contributed by atoms with E-state index in [1.54, 1.807) is 11.4 Å². The van der Waals surface area contributed by atoms with Crippen molar-refractivity contribution in [1.82, 2.24) is 5.32 Å². The summed E-state index contributed by atoms with van der Waals surface area (Å²) in [6.45, 7) is 1.96. The topological polar surface area (TPSA) is 66.4 Å². The van der Waals surface area contributed by atoms with Crippen LogP contribution in [0.3, 0.4) is 0 Å². The molecule has 0 aliphatic heterocycles. The minimum Gasteiger partial charge on any atom is -0.481 e. The zero-order valence-electron chi connectivity index (χ0n) is 9.40. The standard InChI is InChI=1S/C11H14BrNO3S/c1-2-3-8(5-10(14)15)13-11(16)7-4-9(12)17-6-7/h4,6,8H,2-3,5H2,1H3,(H,13,16)(H,14,15). The fraction of sp³-hybridized carbons (Fsp3) is 0.455. The Bertz CT molecular complexity index is 405. The monoisotopic (exact) mass is 319 g/mol. The first-order valence-electron chi connectivity index (χ1n) is 5.29. The number of hydrogen-bond acceptors (Lipinski definition) is 3. The highest BCUT2D eigenvalue weighted by atomic mass is 79.9. The van der Waals surface area contributed by atoms with E-state index in [4.69, 9.17) is 5.11 Å². The molecule has 1 heterocycles. The van der Waals surface area contributed by atoms with Crippen molar-refractivity contribution in [2.24, 2.45) is 0 Å². The molecule has 0 bridgehead atoms. The Morgan fingerprint density at radius 3 is 2.76 bits per heavy atom. The third-order valence-electron chi connectivity index (χ3n) is 2.22. The summed E-state index contributed by atoms with van der Waals surface area (Å²) in [5, 5.41) is 13.2. The Labute approximate surface area is 112 Å². The number of nitrogens with one attached hydrogen (secondary N) is 1.